The van der Waals surface area contributed by atoms with Crippen molar-refractivity contribution in [2.24, 2.45) is 10.9 Å². The van der Waals surface area contributed by atoms with Crippen LogP contribution in [0.15, 0.2) is 35.3 Å². The van der Waals surface area contributed by atoms with E-state index in [2.05, 4.69) is 29.5 Å². The monoisotopic (exact) mass is 347 g/mol. The first kappa shape index (κ1) is 19.7. The van der Waals surface area contributed by atoms with Gasteiger partial charge in [-0.25, -0.2) is 0 Å². The molecule has 5 heteroatoms. The molecule has 1 aliphatic rings. The van der Waals surface area contributed by atoms with E-state index in [0.29, 0.717) is 19.2 Å². The standard InChI is InChI=1S/C20H33N3O2/c1-3-21-20(23-18-11-7-8-16(2)12-18)22-13-19(24)15-25-14-17-9-5-4-6-10-17/h4-6,9-10,16,18-19,24H,3,7-8,11-15H2,1-2H3,(H2,21,22,23). The van der Waals surface area contributed by atoms with Gasteiger partial charge in [-0.1, -0.05) is 50.1 Å². The molecule has 0 radical (unpaired) electrons. The van der Waals surface area contributed by atoms with E-state index in [1.54, 1.807) is 0 Å². The molecule has 0 amide bonds. The first-order chi connectivity index (χ1) is 12.2. The maximum absolute atomic E-state index is 10.1. The van der Waals surface area contributed by atoms with Gasteiger partial charge in [0.15, 0.2) is 5.96 Å². The van der Waals surface area contributed by atoms with Gasteiger partial charge in [-0.15, -0.1) is 0 Å². The van der Waals surface area contributed by atoms with E-state index in [-0.39, 0.29) is 6.61 Å². The molecule has 3 unspecified atom stereocenters. The lowest BCUT2D eigenvalue weighted by Gasteiger charge is -2.29. The molecule has 0 aliphatic heterocycles. The lowest BCUT2D eigenvalue weighted by atomic mass is 9.87. The minimum absolute atomic E-state index is 0.290. The van der Waals surface area contributed by atoms with Crippen LogP contribution in [0, 0.1) is 5.92 Å². The molecule has 1 fully saturated rings. The van der Waals surface area contributed by atoms with E-state index < -0.39 is 6.10 Å². The van der Waals surface area contributed by atoms with Crippen molar-refractivity contribution in [2.75, 3.05) is 19.7 Å². The Morgan fingerprint density at radius 2 is 2.12 bits per heavy atom. The van der Waals surface area contributed by atoms with Crippen LogP contribution in [0.3, 0.4) is 0 Å². The molecule has 0 saturated heterocycles. The van der Waals surface area contributed by atoms with Gasteiger partial charge < -0.3 is 20.5 Å². The predicted molar refractivity (Wildman–Crippen MR) is 103 cm³/mol. The fraction of sp³-hybridized carbons (Fsp3) is 0.650. The van der Waals surface area contributed by atoms with Gasteiger partial charge in [-0.3, -0.25) is 4.99 Å². The van der Waals surface area contributed by atoms with Gasteiger partial charge in [0.25, 0.3) is 0 Å². The quantitative estimate of drug-likeness (QED) is 0.500. The second-order valence-electron chi connectivity index (χ2n) is 6.99. The van der Waals surface area contributed by atoms with Crippen LogP contribution in [0.2, 0.25) is 0 Å². The van der Waals surface area contributed by atoms with Gasteiger partial charge in [0.2, 0.25) is 0 Å². The molecule has 5 nitrogen and oxygen atoms in total. The molecule has 140 valence electrons. The summed E-state index contributed by atoms with van der Waals surface area (Å²) < 4.78 is 5.58. The number of rotatable bonds is 8. The highest BCUT2D eigenvalue weighted by Crippen LogP contribution is 2.23. The minimum Gasteiger partial charge on any atom is -0.389 e. The number of hydrogen-bond acceptors (Lipinski definition) is 3. The van der Waals surface area contributed by atoms with Crippen molar-refractivity contribution in [2.45, 2.75) is 58.3 Å². The average molecular weight is 348 g/mol. The minimum atomic E-state index is -0.593. The molecule has 0 heterocycles. The van der Waals surface area contributed by atoms with Crippen molar-refractivity contribution in [1.29, 1.82) is 0 Å². The number of aliphatic hydroxyl groups excluding tert-OH is 1. The third-order valence-corrected chi connectivity index (χ3v) is 4.50. The third kappa shape index (κ3) is 7.88. The van der Waals surface area contributed by atoms with Gasteiger partial charge in [-0.2, -0.15) is 0 Å². The van der Waals surface area contributed by atoms with Crippen molar-refractivity contribution in [3.05, 3.63) is 35.9 Å². The van der Waals surface area contributed by atoms with E-state index >= 15 is 0 Å². The maximum Gasteiger partial charge on any atom is 0.191 e. The molecule has 1 aliphatic carbocycles. The summed E-state index contributed by atoms with van der Waals surface area (Å²) in [6.45, 7) is 6.32. The molecule has 0 spiro atoms. The predicted octanol–water partition coefficient (Wildman–Crippen LogP) is 2.70. The van der Waals surface area contributed by atoms with Crippen LogP contribution in [0.1, 0.15) is 45.1 Å². The number of guanidine groups is 1. The largest absolute Gasteiger partial charge is 0.389 e. The molecule has 0 aromatic heterocycles. The SMILES string of the molecule is CCNC(=NCC(O)COCc1ccccc1)NC1CCCC(C)C1. The van der Waals surface area contributed by atoms with E-state index in [1.807, 2.05) is 30.3 Å². The van der Waals surface area contributed by atoms with Crippen molar-refractivity contribution in [3.63, 3.8) is 0 Å². The zero-order chi connectivity index (χ0) is 17.9. The third-order valence-electron chi connectivity index (χ3n) is 4.50. The summed E-state index contributed by atoms with van der Waals surface area (Å²) in [5.41, 5.74) is 1.11. The van der Waals surface area contributed by atoms with Crippen molar-refractivity contribution >= 4 is 5.96 Å². The number of nitrogens with one attached hydrogen (secondary N) is 2. The highest BCUT2D eigenvalue weighted by molar-refractivity contribution is 5.80. The summed E-state index contributed by atoms with van der Waals surface area (Å²) in [7, 11) is 0. The maximum atomic E-state index is 10.1. The molecule has 3 atom stereocenters. The van der Waals surface area contributed by atoms with Gasteiger partial charge >= 0.3 is 0 Å². The van der Waals surface area contributed by atoms with Crippen molar-refractivity contribution in [3.8, 4) is 0 Å². The van der Waals surface area contributed by atoms with E-state index in [0.717, 1.165) is 24.0 Å². The smallest absolute Gasteiger partial charge is 0.191 e. The zero-order valence-corrected chi connectivity index (χ0v) is 15.6. The number of nitrogens with zero attached hydrogens (tertiary/aromatic N) is 1. The Bertz CT molecular complexity index is 507. The van der Waals surface area contributed by atoms with E-state index in [1.165, 1.54) is 25.7 Å². The highest BCUT2D eigenvalue weighted by Gasteiger charge is 2.19. The zero-order valence-electron chi connectivity index (χ0n) is 15.6. The fourth-order valence-corrected chi connectivity index (χ4v) is 3.21. The number of benzene rings is 1. The molecule has 1 saturated carbocycles. The van der Waals surface area contributed by atoms with Crippen LogP contribution in [0.4, 0.5) is 0 Å². The lowest BCUT2D eigenvalue weighted by molar-refractivity contribution is 0.0331. The molecule has 1 aromatic carbocycles. The summed E-state index contributed by atoms with van der Waals surface area (Å²) in [5.74, 6) is 1.56. The van der Waals surface area contributed by atoms with Gasteiger partial charge in [0, 0.05) is 12.6 Å². The topological polar surface area (TPSA) is 65.9 Å². The summed E-state index contributed by atoms with van der Waals surface area (Å²) in [4.78, 5) is 4.52. The Hall–Kier alpha value is -1.59. The van der Waals surface area contributed by atoms with Crippen molar-refractivity contribution < 1.29 is 9.84 Å². The Labute approximate surface area is 151 Å². The normalized spacial score (nSPS) is 22.4. The lowest BCUT2D eigenvalue weighted by Crippen LogP contribution is -2.45. The van der Waals surface area contributed by atoms with Gasteiger partial charge in [0.1, 0.15) is 0 Å². The Morgan fingerprint density at radius 3 is 2.84 bits per heavy atom. The van der Waals surface area contributed by atoms with Crippen LogP contribution in [0.25, 0.3) is 0 Å². The second kappa shape index (κ2) is 11.1. The molecular formula is C20H33N3O2. The Balaban J connectivity index is 1.73. The molecular weight excluding hydrogens is 314 g/mol. The summed E-state index contributed by atoms with van der Waals surface area (Å²) in [6.07, 6.45) is 4.38. The van der Waals surface area contributed by atoms with E-state index in [9.17, 15) is 5.11 Å². The van der Waals surface area contributed by atoms with Gasteiger partial charge in [-0.05, 0) is 31.2 Å². The number of aliphatic hydroxyl groups is 1. The Kier molecular flexibility index (Phi) is 8.77. The summed E-state index contributed by atoms with van der Waals surface area (Å²) in [5, 5.41) is 16.9. The molecule has 25 heavy (non-hydrogen) atoms. The molecule has 3 N–H and O–H groups in total. The number of hydrogen-bond donors (Lipinski definition) is 3. The second-order valence-corrected chi connectivity index (χ2v) is 6.99. The van der Waals surface area contributed by atoms with E-state index in [4.69, 9.17) is 4.74 Å². The Morgan fingerprint density at radius 1 is 1.32 bits per heavy atom. The number of ether oxygens (including phenoxy) is 1. The number of aliphatic imine (C=N–C) groups is 1. The summed E-state index contributed by atoms with van der Waals surface area (Å²) >= 11 is 0. The van der Waals surface area contributed by atoms with Crippen LogP contribution < -0.4 is 10.6 Å². The van der Waals surface area contributed by atoms with Crippen LogP contribution in [-0.4, -0.2) is 42.9 Å². The first-order valence-corrected chi connectivity index (χ1v) is 9.52. The first-order valence-electron chi connectivity index (χ1n) is 9.52. The van der Waals surface area contributed by atoms with Gasteiger partial charge in [0.05, 0.1) is 25.9 Å². The van der Waals surface area contributed by atoms with Crippen molar-refractivity contribution in [1.82, 2.24) is 10.6 Å². The van der Waals surface area contributed by atoms with Crippen LogP contribution in [-0.2, 0) is 11.3 Å². The van der Waals surface area contributed by atoms with Crippen LogP contribution >= 0.6 is 0 Å². The molecule has 2 rings (SSSR count). The molecule has 0 bridgehead atoms. The average Bonchev–Trinajstić information content (AvgIpc) is 2.61. The highest BCUT2D eigenvalue weighted by atomic mass is 16.5. The van der Waals surface area contributed by atoms with Crippen LogP contribution in [0.5, 0.6) is 0 Å². The fourth-order valence-electron chi connectivity index (χ4n) is 3.21. The molecule has 1 aromatic rings. The summed E-state index contributed by atoms with van der Waals surface area (Å²) in [6, 6.07) is 10.5.